The van der Waals surface area contributed by atoms with Crippen molar-refractivity contribution in [1.82, 2.24) is 9.97 Å². The highest BCUT2D eigenvalue weighted by Gasteiger charge is 2.20. The van der Waals surface area contributed by atoms with Gasteiger partial charge in [0.05, 0.1) is 22.9 Å². The third kappa shape index (κ3) is 3.76. The zero-order valence-corrected chi connectivity index (χ0v) is 15.6. The molecule has 0 aliphatic rings. The number of carbonyl (C=O) groups is 1. The van der Waals surface area contributed by atoms with Crippen molar-refractivity contribution in [2.75, 3.05) is 0 Å². The summed E-state index contributed by atoms with van der Waals surface area (Å²) in [5.41, 5.74) is 4.15. The molecule has 138 valence electrons. The van der Waals surface area contributed by atoms with Gasteiger partial charge in [-0.1, -0.05) is 49.4 Å². The number of ether oxygens (including phenoxy) is 1. The number of carbonyl (C=O) groups excluding carboxylic acids is 1. The molecule has 1 aromatic heterocycles. The number of nitrogens with zero attached hydrogens (tertiary/aromatic N) is 2. The van der Waals surface area contributed by atoms with E-state index in [9.17, 15) is 4.79 Å². The van der Waals surface area contributed by atoms with E-state index >= 15 is 0 Å². The monoisotopic (exact) mass is 368 g/mol. The van der Waals surface area contributed by atoms with Gasteiger partial charge in [0, 0.05) is 11.1 Å². The predicted molar refractivity (Wildman–Crippen MR) is 110 cm³/mol. The summed E-state index contributed by atoms with van der Waals surface area (Å²) in [6.07, 6.45) is 1.87. The van der Waals surface area contributed by atoms with Crippen LogP contribution < -0.4 is 4.74 Å². The topological polar surface area (TPSA) is 52.1 Å². The lowest BCUT2D eigenvalue weighted by molar-refractivity contribution is 0.0786. The number of para-hydroxylation sites is 2. The summed E-state index contributed by atoms with van der Waals surface area (Å²) in [5, 5.41) is 0. The Hall–Kier alpha value is -3.53. The molecule has 0 aliphatic carbocycles. The van der Waals surface area contributed by atoms with E-state index in [-0.39, 0.29) is 5.78 Å². The summed E-state index contributed by atoms with van der Waals surface area (Å²) in [6.45, 7) is 1.95. The van der Waals surface area contributed by atoms with Gasteiger partial charge in [-0.3, -0.25) is 9.78 Å². The minimum Gasteiger partial charge on any atom is -0.482 e. The van der Waals surface area contributed by atoms with E-state index in [1.54, 1.807) is 6.20 Å². The molecule has 0 N–H and O–H groups in total. The van der Waals surface area contributed by atoms with Gasteiger partial charge in [0.25, 0.3) is 0 Å². The van der Waals surface area contributed by atoms with E-state index in [4.69, 9.17) is 4.74 Å². The average molecular weight is 368 g/mol. The van der Waals surface area contributed by atoms with Crippen LogP contribution in [0.3, 0.4) is 0 Å². The molecule has 28 heavy (non-hydrogen) atoms. The lowest BCUT2D eigenvalue weighted by Crippen LogP contribution is -2.26. The van der Waals surface area contributed by atoms with Crippen molar-refractivity contribution in [1.29, 1.82) is 0 Å². The molecule has 0 amide bonds. The zero-order chi connectivity index (χ0) is 19.3. The molecule has 0 unspecified atom stereocenters. The van der Waals surface area contributed by atoms with Crippen LogP contribution in [0.5, 0.6) is 5.75 Å². The first kappa shape index (κ1) is 17.9. The minimum atomic E-state index is -0.506. The molecular weight excluding hydrogens is 348 g/mol. The molecule has 3 aromatic carbocycles. The number of Topliss-reactive ketones (excluding diaryl/α,β-unsaturated/α-hetero) is 1. The SMILES string of the molecule is CC[C@H](Oc1ccc(-c2cnc3ccccc3n2)cc1)C(=O)c1ccccc1. The Morgan fingerprint density at radius 3 is 2.29 bits per heavy atom. The van der Waals surface area contributed by atoms with Crippen molar-refractivity contribution in [2.24, 2.45) is 0 Å². The fourth-order valence-corrected chi connectivity index (χ4v) is 3.08. The summed E-state index contributed by atoms with van der Waals surface area (Å²) in [6, 6.07) is 24.7. The molecule has 0 radical (unpaired) electrons. The molecule has 0 spiro atoms. The van der Waals surface area contributed by atoms with Gasteiger partial charge in [-0.25, -0.2) is 4.98 Å². The number of aromatic nitrogens is 2. The molecule has 0 aliphatic heterocycles. The summed E-state index contributed by atoms with van der Waals surface area (Å²) >= 11 is 0. The van der Waals surface area contributed by atoms with Crippen molar-refractivity contribution >= 4 is 16.8 Å². The maximum Gasteiger partial charge on any atom is 0.203 e. The van der Waals surface area contributed by atoms with Crippen LogP contribution in [0.1, 0.15) is 23.7 Å². The Bertz CT molecular complexity index is 1090. The van der Waals surface area contributed by atoms with Crippen LogP contribution in [0.15, 0.2) is 85.1 Å². The summed E-state index contributed by atoms with van der Waals surface area (Å²) in [7, 11) is 0. The highest BCUT2D eigenvalue weighted by molar-refractivity contribution is 5.99. The Labute approximate surface area is 163 Å². The van der Waals surface area contributed by atoms with E-state index in [2.05, 4.69) is 9.97 Å². The summed E-state index contributed by atoms with van der Waals surface area (Å²) < 4.78 is 5.96. The van der Waals surface area contributed by atoms with Crippen molar-refractivity contribution in [3.05, 3.63) is 90.6 Å². The minimum absolute atomic E-state index is 0.00688. The summed E-state index contributed by atoms with van der Waals surface area (Å²) in [5.74, 6) is 0.654. The Morgan fingerprint density at radius 2 is 1.57 bits per heavy atom. The summed E-state index contributed by atoms with van der Waals surface area (Å²) in [4.78, 5) is 21.8. The Kier molecular flexibility index (Phi) is 5.11. The molecule has 4 aromatic rings. The Morgan fingerprint density at radius 1 is 0.893 bits per heavy atom. The van der Waals surface area contributed by atoms with Gasteiger partial charge in [-0.05, 0) is 42.8 Å². The lowest BCUT2D eigenvalue weighted by atomic mass is 10.0. The normalized spacial score (nSPS) is 11.9. The third-order valence-corrected chi connectivity index (χ3v) is 4.60. The smallest absolute Gasteiger partial charge is 0.203 e. The van der Waals surface area contributed by atoms with Gasteiger partial charge >= 0.3 is 0 Å². The molecule has 4 rings (SSSR count). The maximum absolute atomic E-state index is 12.6. The molecule has 0 saturated carbocycles. The van der Waals surface area contributed by atoms with Crippen LogP contribution in [0.25, 0.3) is 22.3 Å². The van der Waals surface area contributed by atoms with Crippen molar-refractivity contribution in [3.8, 4) is 17.0 Å². The molecular formula is C24H20N2O2. The lowest BCUT2D eigenvalue weighted by Gasteiger charge is -2.17. The first-order chi connectivity index (χ1) is 13.7. The van der Waals surface area contributed by atoms with Gasteiger partial charge in [0.15, 0.2) is 6.10 Å². The van der Waals surface area contributed by atoms with E-state index in [0.29, 0.717) is 17.7 Å². The zero-order valence-electron chi connectivity index (χ0n) is 15.6. The van der Waals surface area contributed by atoms with E-state index in [0.717, 1.165) is 22.3 Å². The van der Waals surface area contributed by atoms with Crippen LogP contribution in [-0.4, -0.2) is 21.9 Å². The second-order valence-corrected chi connectivity index (χ2v) is 6.51. The number of fused-ring (bicyclic) bond motifs is 1. The van der Waals surface area contributed by atoms with Crippen LogP contribution in [0.2, 0.25) is 0 Å². The first-order valence-electron chi connectivity index (χ1n) is 9.33. The number of ketones is 1. The number of hydrogen-bond donors (Lipinski definition) is 0. The fourth-order valence-electron chi connectivity index (χ4n) is 3.08. The molecule has 1 atom stereocenters. The Balaban J connectivity index is 1.52. The molecule has 1 heterocycles. The highest BCUT2D eigenvalue weighted by atomic mass is 16.5. The van der Waals surface area contributed by atoms with Gasteiger partial charge in [0.2, 0.25) is 5.78 Å². The number of rotatable bonds is 6. The second kappa shape index (κ2) is 8.01. The molecule has 4 nitrogen and oxygen atoms in total. The van der Waals surface area contributed by atoms with E-state index < -0.39 is 6.10 Å². The van der Waals surface area contributed by atoms with Crippen LogP contribution >= 0.6 is 0 Å². The fraction of sp³-hybridized carbons (Fsp3) is 0.125. The highest BCUT2D eigenvalue weighted by Crippen LogP contribution is 2.23. The van der Waals surface area contributed by atoms with Crippen LogP contribution in [-0.2, 0) is 0 Å². The van der Waals surface area contributed by atoms with Crippen molar-refractivity contribution in [3.63, 3.8) is 0 Å². The van der Waals surface area contributed by atoms with Crippen molar-refractivity contribution < 1.29 is 9.53 Å². The van der Waals surface area contributed by atoms with Gasteiger partial charge in [0.1, 0.15) is 5.75 Å². The van der Waals surface area contributed by atoms with Gasteiger partial charge in [-0.15, -0.1) is 0 Å². The number of benzene rings is 3. The predicted octanol–water partition coefficient (Wildman–Crippen LogP) is 5.34. The van der Waals surface area contributed by atoms with Crippen molar-refractivity contribution in [2.45, 2.75) is 19.4 Å². The quantitative estimate of drug-likeness (QED) is 0.431. The maximum atomic E-state index is 12.6. The first-order valence-corrected chi connectivity index (χ1v) is 9.33. The molecule has 0 bridgehead atoms. The standard InChI is InChI=1S/C24H20N2O2/c1-2-23(24(27)18-8-4-3-5-9-18)28-19-14-12-17(13-15-19)22-16-25-20-10-6-7-11-21(20)26-22/h3-16,23H,2H2,1H3/t23-/m0/s1. The third-order valence-electron chi connectivity index (χ3n) is 4.60. The largest absolute Gasteiger partial charge is 0.482 e. The number of hydrogen-bond acceptors (Lipinski definition) is 4. The van der Waals surface area contributed by atoms with E-state index in [1.807, 2.05) is 85.8 Å². The van der Waals surface area contributed by atoms with Gasteiger partial charge in [-0.2, -0.15) is 0 Å². The second-order valence-electron chi connectivity index (χ2n) is 6.51. The average Bonchev–Trinajstić information content (AvgIpc) is 2.77. The van der Waals surface area contributed by atoms with E-state index in [1.165, 1.54) is 0 Å². The van der Waals surface area contributed by atoms with Crippen LogP contribution in [0, 0.1) is 0 Å². The van der Waals surface area contributed by atoms with Gasteiger partial charge < -0.3 is 4.74 Å². The molecule has 4 heteroatoms. The van der Waals surface area contributed by atoms with Crippen LogP contribution in [0.4, 0.5) is 0 Å². The molecule has 0 fully saturated rings. The molecule has 0 saturated heterocycles.